The van der Waals surface area contributed by atoms with Crippen LogP contribution in [0.25, 0.3) is 21.9 Å². The number of halogens is 1. The predicted molar refractivity (Wildman–Crippen MR) is 146 cm³/mol. The number of nitrogens with zero attached hydrogens (tertiary/aromatic N) is 3. The van der Waals surface area contributed by atoms with Crippen LogP contribution in [0.1, 0.15) is 50.0 Å². The minimum Gasteiger partial charge on any atom is -0.493 e. The Hall–Kier alpha value is -3.32. The topological polar surface area (TPSA) is 83.1 Å². The molecule has 0 radical (unpaired) electrons. The van der Waals surface area contributed by atoms with E-state index in [9.17, 15) is 4.79 Å². The molecule has 1 aliphatic carbocycles. The molecule has 7 nitrogen and oxygen atoms in total. The van der Waals surface area contributed by atoms with Crippen LogP contribution in [-0.2, 0) is 0 Å². The molecule has 6 rings (SSSR count). The molecule has 37 heavy (non-hydrogen) atoms. The molecule has 0 bridgehead atoms. The third-order valence-electron chi connectivity index (χ3n) is 7.92. The minimum absolute atomic E-state index is 0.0640. The molecule has 2 N–H and O–H groups in total. The van der Waals surface area contributed by atoms with E-state index in [1.807, 2.05) is 47.8 Å². The zero-order chi connectivity index (χ0) is 25.2. The molecule has 4 aromatic rings. The number of aromatic nitrogens is 3. The summed E-state index contributed by atoms with van der Waals surface area (Å²) in [6.07, 6.45) is 11.8. The van der Waals surface area contributed by atoms with Crippen LogP contribution in [0.5, 0.6) is 5.75 Å². The number of amides is 2. The minimum atomic E-state index is 0.0640. The molecule has 8 heteroatoms. The predicted octanol–water partition coefficient (Wildman–Crippen LogP) is 6.29. The van der Waals surface area contributed by atoms with Crippen LogP contribution in [0, 0.1) is 5.92 Å². The molecule has 3 aromatic heterocycles. The highest BCUT2D eigenvalue weighted by molar-refractivity contribution is 6.30. The van der Waals surface area contributed by atoms with Crippen LogP contribution >= 0.6 is 11.6 Å². The van der Waals surface area contributed by atoms with Gasteiger partial charge in [0, 0.05) is 53.2 Å². The molecule has 1 saturated heterocycles. The van der Waals surface area contributed by atoms with Gasteiger partial charge in [-0.2, -0.15) is 0 Å². The summed E-state index contributed by atoms with van der Waals surface area (Å²) in [4.78, 5) is 27.4. The van der Waals surface area contributed by atoms with Gasteiger partial charge in [0.25, 0.3) is 0 Å². The smallest absolute Gasteiger partial charge is 0.317 e. The van der Waals surface area contributed by atoms with Crippen molar-refractivity contribution in [1.29, 1.82) is 0 Å². The Labute approximate surface area is 221 Å². The maximum atomic E-state index is 13.1. The highest BCUT2D eigenvalue weighted by Crippen LogP contribution is 2.38. The number of pyridine rings is 2. The van der Waals surface area contributed by atoms with E-state index in [1.165, 1.54) is 10.9 Å². The normalized spacial score (nSPS) is 22.3. The molecule has 2 fully saturated rings. The Morgan fingerprint density at radius 3 is 2.76 bits per heavy atom. The van der Waals surface area contributed by atoms with Crippen LogP contribution in [0.15, 0.2) is 55.0 Å². The van der Waals surface area contributed by atoms with Crippen LogP contribution in [0.4, 0.5) is 4.79 Å². The third kappa shape index (κ3) is 5.23. The van der Waals surface area contributed by atoms with Gasteiger partial charge in [0.05, 0.1) is 18.3 Å². The van der Waals surface area contributed by atoms with Gasteiger partial charge in [-0.25, -0.2) is 9.78 Å². The van der Waals surface area contributed by atoms with Gasteiger partial charge in [-0.1, -0.05) is 11.6 Å². The van der Waals surface area contributed by atoms with Gasteiger partial charge in [0.1, 0.15) is 11.4 Å². The van der Waals surface area contributed by atoms with Crippen molar-refractivity contribution in [2.24, 2.45) is 5.92 Å². The fourth-order valence-electron chi connectivity index (χ4n) is 5.97. The SMILES string of the molecule is O=C(NC1CCC(c2ccnc3cnc4[nH]ccc4c23)CC1)N1CCCC(COc2ccc(Cl)cc2)C1. The second-order valence-electron chi connectivity index (χ2n) is 10.4. The largest absolute Gasteiger partial charge is 0.493 e. The molecule has 192 valence electrons. The number of rotatable bonds is 5. The number of likely N-dealkylation sites (tertiary alicyclic amines) is 1. The van der Waals surface area contributed by atoms with Crippen LogP contribution in [0.2, 0.25) is 5.02 Å². The fraction of sp³-hybridized carbons (Fsp3) is 0.414. The van der Waals surface area contributed by atoms with E-state index in [0.29, 0.717) is 23.5 Å². The van der Waals surface area contributed by atoms with Gasteiger partial charge in [-0.15, -0.1) is 0 Å². The standard InChI is InChI=1S/C29H32ClN5O2/c30-21-5-9-23(10-6-21)37-18-19-2-1-15-35(17-19)29(36)34-22-7-3-20(4-8-22)24-11-13-31-26-16-33-28-25(27(24)26)12-14-32-28/h5-6,9-14,16,19-20,22H,1-4,7-8,15,17-18H2,(H,32,33)(H,34,36). The molecule has 4 heterocycles. The number of piperidine rings is 1. The lowest BCUT2D eigenvalue weighted by molar-refractivity contribution is 0.133. The van der Waals surface area contributed by atoms with Crippen LogP contribution < -0.4 is 10.1 Å². The van der Waals surface area contributed by atoms with E-state index in [2.05, 4.69) is 32.4 Å². The molecule has 1 unspecified atom stereocenters. The lowest BCUT2D eigenvalue weighted by atomic mass is 9.80. The van der Waals surface area contributed by atoms with Crippen molar-refractivity contribution in [3.8, 4) is 5.75 Å². The Bertz CT molecular complexity index is 1380. The van der Waals surface area contributed by atoms with Crippen molar-refractivity contribution >= 4 is 39.6 Å². The van der Waals surface area contributed by atoms with Gasteiger partial charge in [-0.05, 0) is 86.4 Å². The first kappa shape index (κ1) is 24.0. The summed E-state index contributed by atoms with van der Waals surface area (Å²) in [6.45, 7) is 2.15. The summed E-state index contributed by atoms with van der Waals surface area (Å²) in [5, 5.41) is 6.37. The fourth-order valence-corrected chi connectivity index (χ4v) is 6.09. The number of aromatic amines is 1. The number of benzene rings is 1. The maximum absolute atomic E-state index is 13.1. The molecule has 0 spiro atoms. The van der Waals surface area contributed by atoms with E-state index in [-0.39, 0.29) is 12.1 Å². The van der Waals surface area contributed by atoms with Gasteiger partial charge >= 0.3 is 6.03 Å². The molecule has 1 atom stereocenters. The summed E-state index contributed by atoms with van der Waals surface area (Å²) in [6, 6.07) is 12.0. The number of carbonyl (C=O) groups is 1. The molecular weight excluding hydrogens is 486 g/mol. The number of carbonyl (C=O) groups excluding carboxylic acids is 1. The van der Waals surface area contributed by atoms with E-state index >= 15 is 0 Å². The van der Waals surface area contributed by atoms with Crippen molar-refractivity contribution in [1.82, 2.24) is 25.2 Å². The van der Waals surface area contributed by atoms with Gasteiger partial charge in [0.15, 0.2) is 0 Å². The summed E-state index contributed by atoms with van der Waals surface area (Å²) < 4.78 is 5.96. The molecular formula is C29H32ClN5O2. The van der Waals surface area contributed by atoms with Gasteiger partial charge in [0.2, 0.25) is 0 Å². The van der Waals surface area contributed by atoms with E-state index in [0.717, 1.165) is 73.9 Å². The van der Waals surface area contributed by atoms with Crippen molar-refractivity contribution < 1.29 is 9.53 Å². The van der Waals surface area contributed by atoms with Gasteiger partial charge in [-0.3, -0.25) is 4.98 Å². The molecule has 2 amide bonds. The second kappa shape index (κ2) is 10.6. The maximum Gasteiger partial charge on any atom is 0.317 e. The first-order chi connectivity index (χ1) is 18.1. The highest BCUT2D eigenvalue weighted by Gasteiger charge is 2.29. The molecule has 2 aliphatic rings. The van der Waals surface area contributed by atoms with Crippen LogP contribution in [-0.4, -0.2) is 51.6 Å². The monoisotopic (exact) mass is 517 g/mol. The summed E-state index contributed by atoms with van der Waals surface area (Å²) >= 11 is 5.96. The van der Waals surface area contributed by atoms with Crippen molar-refractivity contribution in [3.63, 3.8) is 0 Å². The first-order valence-electron chi connectivity index (χ1n) is 13.3. The number of urea groups is 1. The summed E-state index contributed by atoms with van der Waals surface area (Å²) in [7, 11) is 0. The quantitative estimate of drug-likeness (QED) is 0.326. The Balaban J connectivity index is 1.03. The summed E-state index contributed by atoms with van der Waals surface area (Å²) in [5.41, 5.74) is 3.20. The van der Waals surface area contributed by atoms with Crippen LogP contribution in [0.3, 0.4) is 0 Å². The van der Waals surface area contributed by atoms with Gasteiger partial charge < -0.3 is 19.9 Å². The number of hydrogen-bond acceptors (Lipinski definition) is 4. The molecule has 1 aromatic carbocycles. The number of ether oxygens (including phenoxy) is 1. The third-order valence-corrected chi connectivity index (χ3v) is 8.18. The highest BCUT2D eigenvalue weighted by atomic mass is 35.5. The zero-order valence-corrected chi connectivity index (χ0v) is 21.6. The van der Waals surface area contributed by atoms with E-state index in [4.69, 9.17) is 16.3 Å². The Morgan fingerprint density at radius 2 is 1.92 bits per heavy atom. The van der Waals surface area contributed by atoms with Crippen molar-refractivity contribution in [2.75, 3.05) is 19.7 Å². The number of nitrogens with one attached hydrogen (secondary N) is 2. The van der Waals surface area contributed by atoms with Crippen molar-refractivity contribution in [2.45, 2.75) is 50.5 Å². The Morgan fingerprint density at radius 1 is 1.08 bits per heavy atom. The first-order valence-corrected chi connectivity index (χ1v) is 13.7. The van der Waals surface area contributed by atoms with E-state index < -0.39 is 0 Å². The number of H-pyrrole nitrogens is 1. The molecule has 1 aliphatic heterocycles. The number of fused-ring (bicyclic) bond motifs is 3. The van der Waals surface area contributed by atoms with E-state index in [1.54, 1.807) is 0 Å². The number of hydrogen-bond donors (Lipinski definition) is 2. The lowest BCUT2D eigenvalue weighted by Crippen LogP contribution is -2.50. The zero-order valence-electron chi connectivity index (χ0n) is 20.8. The average Bonchev–Trinajstić information content (AvgIpc) is 3.42. The summed E-state index contributed by atoms with van der Waals surface area (Å²) in [5.74, 6) is 1.62. The lowest BCUT2D eigenvalue weighted by Gasteiger charge is -2.35. The molecule has 1 saturated carbocycles. The Kier molecular flexibility index (Phi) is 6.87. The second-order valence-corrected chi connectivity index (χ2v) is 10.8. The van der Waals surface area contributed by atoms with Crippen molar-refractivity contribution in [3.05, 3.63) is 65.6 Å². The average molecular weight is 518 g/mol.